The van der Waals surface area contributed by atoms with E-state index in [4.69, 9.17) is 0 Å². The third-order valence-electron chi connectivity index (χ3n) is 7.55. The average molecular weight is 655 g/mol. The number of benzene rings is 3. The van der Waals surface area contributed by atoms with Crippen molar-refractivity contribution in [2.75, 3.05) is 30.7 Å². The van der Waals surface area contributed by atoms with Crippen molar-refractivity contribution in [2.24, 2.45) is 5.92 Å². The molecule has 0 aliphatic heterocycles. The fourth-order valence-corrected chi connectivity index (χ4v) is 5.15. The summed E-state index contributed by atoms with van der Waals surface area (Å²) in [4.78, 5) is 39.7. The van der Waals surface area contributed by atoms with Gasteiger partial charge >= 0.3 is 0 Å². The second-order valence-electron chi connectivity index (χ2n) is 12.0. The van der Waals surface area contributed by atoms with Gasteiger partial charge in [0.1, 0.15) is 5.82 Å². The topological polar surface area (TPSA) is 141 Å². The number of sulfonamides is 1. The Labute approximate surface area is 271 Å². The molecule has 0 saturated heterocycles. The van der Waals surface area contributed by atoms with Crippen LogP contribution in [0.25, 0.3) is 0 Å². The van der Waals surface area contributed by atoms with Gasteiger partial charge < -0.3 is 21.3 Å². The molecule has 0 spiro atoms. The SMILES string of the molecule is CC(C)CNC(=O)[C@H](C)[NH2+]C[C@H](Cc1ccccc1)NC(=O)c1cc(C(=O)N[C@H](C)c2ccc(F)cc2)cc(N(C)S(C)(=O)=O)c1. The molecule has 0 aromatic heterocycles. The molecule has 248 valence electrons. The maximum Gasteiger partial charge on any atom is 0.277 e. The average Bonchev–Trinajstić information content (AvgIpc) is 3.01. The minimum Gasteiger partial charge on any atom is -0.351 e. The van der Waals surface area contributed by atoms with Crippen LogP contribution in [0.3, 0.4) is 0 Å². The highest BCUT2D eigenvalue weighted by Crippen LogP contribution is 2.22. The van der Waals surface area contributed by atoms with Crippen LogP contribution in [0.5, 0.6) is 0 Å². The van der Waals surface area contributed by atoms with E-state index in [0.29, 0.717) is 31.0 Å². The van der Waals surface area contributed by atoms with Gasteiger partial charge in [-0.3, -0.25) is 18.7 Å². The zero-order valence-electron chi connectivity index (χ0n) is 27.2. The van der Waals surface area contributed by atoms with Gasteiger partial charge in [-0.25, -0.2) is 12.8 Å². The van der Waals surface area contributed by atoms with Crippen LogP contribution in [0.1, 0.15) is 65.6 Å². The lowest BCUT2D eigenvalue weighted by atomic mass is 10.0. The number of rotatable bonds is 15. The molecule has 46 heavy (non-hydrogen) atoms. The number of anilines is 1. The van der Waals surface area contributed by atoms with Gasteiger partial charge in [-0.05, 0) is 67.6 Å². The molecule has 0 unspecified atom stereocenters. The zero-order valence-corrected chi connectivity index (χ0v) is 28.0. The number of hydrogen-bond donors (Lipinski definition) is 4. The maximum absolute atomic E-state index is 13.7. The Morgan fingerprint density at radius 2 is 1.46 bits per heavy atom. The number of nitrogens with one attached hydrogen (secondary N) is 3. The quantitative estimate of drug-likeness (QED) is 0.200. The molecule has 0 heterocycles. The molecule has 3 amide bonds. The Balaban J connectivity index is 1.88. The predicted octanol–water partition coefficient (Wildman–Crippen LogP) is 2.78. The molecule has 3 rings (SSSR count). The number of carbonyl (C=O) groups is 3. The predicted molar refractivity (Wildman–Crippen MR) is 177 cm³/mol. The van der Waals surface area contributed by atoms with Crippen LogP contribution in [0, 0.1) is 11.7 Å². The molecule has 0 aliphatic rings. The fraction of sp³-hybridized carbons (Fsp3) is 0.382. The van der Waals surface area contributed by atoms with Crippen LogP contribution in [-0.4, -0.2) is 64.6 Å². The van der Waals surface area contributed by atoms with Crippen LogP contribution < -0.4 is 25.6 Å². The number of hydrogen-bond acceptors (Lipinski definition) is 5. The summed E-state index contributed by atoms with van der Waals surface area (Å²) in [5, 5.41) is 10.7. The lowest BCUT2D eigenvalue weighted by Gasteiger charge is -2.22. The Bertz CT molecular complexity index is 1600. The van der Waals surface area contributed by atoms with Gasteiger partial charge in [-0.2, -0.15) is 0 Å². The zero-order chi connectivity index (χ0) is 34.0. The molecule has 0 aliphatic carbocycles. The van der Waals surface area contributed by atoms with E-state index >= 15 is 0 Å². The second-order valence-corrected chi connectivity index (χ2v) is 14.0. The normalized spacial score (nSPS) is 13.4. The van der Waals surface area contributed by atoms with Gasteiger partial charge in [0.2, 0.25) is 10.0 Å². The van der Waals surface area contributed by atoms with Crippen molar-refractivity contribution in [1.82, 2.24) is 16.0 Å². The first kappa shape index (κ1) is 36.2. The van der Waals surface area contributed by atoms with Crippen molar-refractivity contribution in [3.8, 4) is 0 Å². The minimum absolute atomic E-state index is 0.0775. The van der Waals surface area contributed by atoms with Crippen molar-refractivity contribution in [2.45, 2.75) is 52.2 Å². The minimum atomic E-state index is -3.72. The number of halogens is 1. The second kappa shape index (κ2) is 16.3. The highest BCUT2D eigenvalue weighted by Gasteiger charge is 2.24. The summed E-state index contributed by atoms with van der Waals surface area (Å²) in [6, 6.07) is 18.3. The van der Waals surface area contributed by atoms with Crippen molar-refractivity contribution >= 4 is 33.4 Å². The largest absolute Gasteiger partial charge is 0.351 e. The van der Waals surface area contributed by atoms with Gasteiger partial charge in [-0.1, -0.05) is 56.3 Å². The first-order chi connectivity index (χ1) is 21.6. The van der Waals surface area contributed by atoms with Gasteiger partial charge in [-0.15, -0.1) is 0 Å². The Morgan fingerprint density at radius 3 is 2.02 bits per heavy atom. The van der Waals surface area contributed by atoms with E-state index in [1.807, 2.05) is 49.5 Å². The third-order valence-corrected chi connectivity index (χ3v) is 8.76. The molecule has 10 nitrogen and oxygen atoms in total. The summed E-state index contributed by atoms with van der Waals surface area (Å²) < 4.78 is 39.2. The van der Waals surface area contributed by atoms with E-state index in [1.54, 1.807) is 26.0 Å². The van der Waals surface area contributed by atoms with Crippen LogP contribution in [0.15, 0.2) is 72.8 Å². The summed E-state index contributed by atoms with van der Waals surface area (Å²) in [5.74, 6) is -1.22. The van der Waals surface area contributed by atoms with Crippen LogP contribution in [0.2, 0.25) is 0 Å². The molecule has 0 saturated carbocycles. The Kier molecular flexibility index (Phi) is 12.8. The molecule has 3 aromatic carbocycles. The Morgan fingerprint density at radius 1 is 0.870 bits per heavy atom. The van der Waals surface area contributed by atoms with E-state index in [1.165, 1.54) is 37.4 Å². The summed E-state index contributed by atoms with van der Waals surface area (Å²) in [5.41, 5.74) is 1.96. The summed E-state index contributed by atoms with van der Waals surface area (Å²) in [7, 11) is -2.38. The molecule has 0 radical (unpaired) electrons. The number of carbonyl (C=O) groups excluding carboxylic acids is 3. The summed E-state index contributed by atoms with van der Waals surface area (Å²) in [6.45, 7) is 8.54. The molecule has 12 heteroatoms. The van der Waals surface area contributed by atoms with Gasteiger partial charge in [0.25, 0.3) is 17.7 Å². The van der Waals surface area contributed by atoms with Gasteiger partial charge in [0.05, 0.1) is 30.6 Å². The number of nitrogens with zero attached hydrogens (tertiary/aromatic N) is 1. The molecule has 5 N–H and O–H groups in total. The Hall–Kier alpha value is -4.29. The molecule has 0 fully saturated rings. The molecular formula is C34H45FN5O5S+. The number of nitrogens with two attached hydrogens (primary N) is 1. The van der Waals surface area contributed by atoms with E-state index < -0.39 is 39.7 Å². The summed E-state index contributed by atoms with van der Waals surface area (Å²) >= 11 is 0. The molecule has 3 atom stereocenters. The standard InChI is InChI=1S/C34H44FN5O5S/c1-22(2)20-37-32(41)24(4)36-21-30(16-25-10-8-7-9-11-25)39-34(43)28-17-27(18-31(19-28)40(5)46(6,44)45)33(42)38-23(3)26-12-14-29(35)15-13-26/h7-15,17-19,22-24,30,36H,16,20-21H2,1-6H3,(H,37,41)(H,38,42)(H,39,43)/p+1/t23-,24+,30+/m1/s1. The monoisotopic (exact) mass is 654 g/mol. The van der Waals surface area contributed by atoms with Crippen LogP contribution in [0.4, 0.5) is 10.1 Å². The maximum atomic E-state index is 13.7. The smallest absolute Gasteiger partial charge is 0.277 e. The first-order valence-corrected chi connectivity index (χ1v) is 17.1. The fourth-order valence-electron chi connectivity index (χ4n) is 4.66. The lowest BCUT2D eigenvalue weighted by Crippen LogP contribution is -2.94. The van der Waals surface area contributed by atoms with Crippen LogP contribution in [-0.2, 0) is 21.2 Å². The molecule has 3 aromatic rings. The highest BCUT2D eigenvalue weighted by molar-refractivity contribution is 7.92. The lowest BCUT2D eigenvalue weighted by molar-refractivity contribution is -0.675. The third kappa shape index (κ3) is 11.0. The highest BCUT2D eigenvalue weighted by atomic mass is 32.2. The molecule has 0 bridgehead atoms. The van der Waals surface area contributed by atoms with Gasteiger partial charge in [0.15, 0.2) is 6.04 Å². The first-order valence-electron chi connectivity index (χ1n) is 15.2. The number of amides is 3. The van der Waals surface area contributed by atoms with Crippen molar-refractivity contribution in [1.29, 1.82) is 0 Å². The van der Waals surface area contributed by atoms with E-state index in [0.717, 1.165) is 16.1 Å². The van der Waals surface area contributed by atoms with Crippen molar-refractivity contribution in [3.05, 3.63) is 101 Å². The van der Waals surface area contributed by atoms with E-state index in [9.17, 15) is 27.2 Å². The van der Waals surface area contributed by atoms with Crippen molar-refractivity contribution in [3.63, 3.8) is 0 Å². The van der Waals surface area contributed by atoms with Crippen molar-refractivity contribution < 1.29 is 32.5 Å². The summed E-state index contributed by atoms with van der Waals surface area (Å²) in [6.07, 6.45) is 1.51. The van der Waals surface area contributed by atoms with Crippen LogP contribution >= 0.6 is 0 Å². The van der Waals surface area contributed by atoms with E-state index in [2.05, 4.69) is 16.0 Å². The molecular weight excluding hydrogens is 609 g/mol. The van der Waals surface area contributed by atoms with E-state index in [-0.39, 0.29) is 28.8 Å². The van der Waals surface area contributed by atoms with Gasteiger partial charge in [0, 0.05) is 24.7 Å². The number of quaternary nitrogens is 1.